The first-order chi connectivity index (χ1) is 11.7. The monoisotopic (exact) mass is 330 g/mol. The van der Waals surface area contributed by atoms with Crippen LogP contribution in [0.15, 0.2) is 103 Å². The van der Waals surface area contributed by atoms with E-state index in [-0.39, 0.29) is 5.05 Å². The van der Waals surface area contributed by atoms with E-state index in [0.29, 0.717) is 0 Å². The highest BCUT2D eigenvalue weighted by molar-refractivity contribution is 7.80. The summed E-state index contributed by atoms with van der Waals surface area (Å²) in [6.45, 7) is 0. The largest absolute Gasteiger partial charge is 0.499 e. The predicted octanol–water partition coefficient (Wildman–Crippen LogP) is 5.46. The van der Waals surface area contributed by atoms with E-state index in [1.807, 2.05) is 60.7 Å². The molecule has 0 unspecified atom stereocenters. The quantitative estimate of drug-likeness (QED) is 0.381. The number of allylic oxidation sites excluding steroid dienone is 1. The van der Waals surface area contributed by atoms with Crippen molar-refractivity contribution in [1.82, 2.24) is 0 Å². The van der Waals surface area contributed by atoms with Crippen molar-refractivity contribution >= 4 is 17.3 Å². The van der Waals surface area contributed by atoms with Crippen LogP contribution in [-0.4, -0.2) is 10.2 Å². The fourth-order valence-electron chi connectivity index (χ4n) is 3.09. The van der Waals surface area contributed by atoms with Crippen LogP contribution in [0.3, 0.4) is 0 Å². The van der Waals surface area contributed by atoms with Gasteiger partial charge >= 0.3 is 0 Å². The molecular formula is C22H18OS. The van der Waals surface area contributed by atoms with Gasteiger partial charge in [0.05, 0.1) is 5.41 Å². The number of hydrogen-bond donors (Lipinski definition) is 1. The Bertz CT molecular complexity index is 727. The van der Waals surface area contributed by atoms with Crippen LogP contribution in [0.4, 0.5) is 0 Å². The van der Waals surface area contributed by atoms with Gasteiger partial charge in [-0.15, -0.1) is 0 Å². The molecule has 2 heteroatoms. The first-order valence-corrected chi connectivity index (χ1v) is 8.23. The second kappa shape index (κ2) is 7.24. The lowest BCUT2D eigenvalue weighted by Crippen LogP contribution is -2.27. The number of hydrogen-bond acceptors (Lipinski definition) is 1. The van der Waals surface area contributed by atoms with E-state index in [1.54, 1.807) is 6.08 Å². The molecule has 0 aromatic heterocycles. The van der Waals surface area contributed by atoms with Gasteiger partial charge in [-0.25, -0.2) is 0 Å². The van der Waals surface area contributed by atoms with Crippen molar-refractivity contribution in [3.8, 4) is 0 Å². The third kappa shape index (κ3) is 3.15. The van der Waals surface area contributed by atoms with Crippen LogP contribution in [0, 0.1) is 0 Å². The van der Waals surface area contributed by atoms with Gasteiger partial charge in [-0.05, 0) is 35.0 Å². The SMILES string of the molecule is OC(=S)C=CC(c1ccccc1)(c1ccccc1)c1ccccc1. The smallest absolute Gasteiger partial charge is 0.180 e. The minimum atomic E-state index is -0.517. The molecule has 0 aliphatic rings. The lowest BCUT2D eigenvalue weighted by Gasteiger charge is -2.33. The second-order valence-corrected chi connectivity index (χ2v) is 6.00. The minimum Gasteiger partial charge on any atom is -0.499 e. The molecule has 1 N–H and O–H groups in total. The zero-order chi connectivity index (χ0) is 16.8. The Balaban J connectivity index is 2.35. The van der Waals surface area contributed by atoms with Gasteiger partial charge in [-0.3, -0.25) is 0 Å². The highest BCUT2D eigenvalue weighted by atomic mass is 32.1. The van der Waals surface area contributed by atoms with E-state index in [0.717, 1.165) is 16.7 Å². The van der Waals surface area contributed by atoms with Crippen molar-refractivity contribution in [2.24, 2.45) is 0 Å². The van der Waals surface area contributed by atoms with Crippen LogP contribution in [0.1, 0.15) is 16.7 Å². The third-order valence-corrected chi connectivity index (χ3v) is 4.30. The standard InChI is InChI=1S/C22H18OS/c23-21(24)16-17-22(18-10-4-1-5-11-18,19-12-6-2-7-13-19)20-14-8-3-9-15-20/h1-17H,(H,23,24). The minimum absolute atomic E-state index is 0.123. The molecule has 24 heavy (non-hydrogen) atoms. The number of aliphatic hydroxyl groups is 1. The number of benzene rings is 3. The van der Waals surface area contributed by atoms with Crippen molar-refractivity contribution in [1.29, 1.82) is 0 Å². The molecule has 0 bridgehead atoms. The summed E-state index contributed by atoms with van der Waals surface area (Å²) in [6.07, 6.45) is 3.58. The summed E-state index contributed by atoms with van der Waals surface area (Å²) in [5, 5.41) is 9.48. The van der Waals surface area contributed by atoms with Crippen LogP contribution in [0.2, 0.25) is 0 Å². The first-order valence-electron chi connectivity index (χ1n) is 7.82. The molecule has 3 rings (SSSR count). The van der Waals surface area contributed by atoms with Gasteiger partial charge in [-0.1, -0.05) is 97.1 Å². The highest BCUT2D eigenvalue weighted by Gasteiger charge is 2.33. The molecule has 0 aliphatic heterocycles. The van der Waals surface area contributed by atoms with E-state index in [9.17, 15) is 5.11 Å². The van der Waals surface area contributed by atoms with Crippen molar-refractivity contribution in [3.63, 3.8) is 0 Å². The first kappa shape index (κ1) is 16.2. The molecule has 118 valence electrons. The van der Waals surface area contributed by atoms with Crippen LogP contribution < -0.4 is 0 Å². The third-order valence-electron chi connectivity index (χ3n) is 4.16. The molecule has 3 aromatic carbocycles. The van der Waals surface area contributed by atoms with Crippen molar-refractivity contribution in [3.05, 3.63) is 120 Å². The Morgan fingerprint density at radius 1 is 0.667 bits per heavy atom. The molecule has 0 fully saturated rings. The van der Waals surface area contributed by atoms with Crippen molar-refractivity contribution in [2.75, 3.05) is 0 Å². The fourth-order valence-corrected chi connectivity index (χ4v) is 3.16. The maximum Gasteiger partial charge on any atom is 0.180 e. The van der Waals surface area contributed by atoms with Gasteiger partial charge in [0.25, 0.3) is 0 Å². The zero-order valence-corrected chi connectivity index (χ0v) is 14.0. The summed E-state index contributed by atoms with van der Waals surface area (Å²) in [6, 6.07) is 30.8. The van der Waals surface area contributed by atoms with Gasteiger partial charge in [0, 0.05) is 0 Å². The summed E-state index contributed by atoms with van der Waals surface area (Å²) in [5.41, 5.74) is 2.84. The molecular weight excluding hydrogens is 312 g/mol. The zero-order valence-electron chi connectivity index (χ0n) is 13.2. The topological polar surface area (TPSA) is 20.2 Å². The van der Waals surface area contributed by atoms with Gasteiger partial charge in [0.15, 0.2) is 5.05 Å². The van der Waals surface area contributed by atoms with E-state index in [2.05, 4.69) is 36.4 Å². The lowest BCUT2D eigenvalue weighted by atomic mass is 9.69. The van der Waals surface area contributed by atoms with Gasteiger partial charge in [0.1, 0.15) is 0 Å². The van der Waals surface area contributed by atoms with E-state index in [1.165, 1.54) is 0 Å². The Labute approximate surface area is 147 Å². The number of thiocarbonyl (C=S) groups is 1. The molecule has 0 amide bonds. The molecule has 0 radical (unpaired) electrons. The maximum absolute atomic E-state index is 9.60. The van der Waals surface area contributed by atoms with Gasteiger partial charge < -0.3 is 5.11 Å². The molecule has 1 nitrogen and oxygen atoms in total. The Morgan fingerprint density at radius 3 is 1.29 bits per heavy atom. The van der Waals surface area contributed by atoms with E-state index in [4.69, 9.17) is 12.2 Å². The number of rotatable bonds is 5. The second-order valence-electron chi connectivity index (χ2n) is 5.58. The number of aliphatic hydroxyl groups excluding tert-OH is 1. The molecule has 0 heterocycles. The van der Waals surface area contributed by atoms with Crippen LogP contribution in [-0.2, 0) is 5.41 Å². The average molecular weight is 330 g/mol. The fraction of sp³-hybridized carbons (Fsp3) is 0.0455. The normalized spacial score (nSPS) is 11.5. The predicted molar refractivity (Wildman–Crippen MR) is 104 cm³/mol. The summed E-state index contributed by atoms with van der Waals surface area (Å²) >= 11 is 4.88. The van der Waals surface area contributed by atoms with Crippen molar-refractivity contribution < 1.29 is 5.11 Å². The Hall–Kier alpha value is -2.71. The van der Waals surface area contributed by atoms with Crippen LogP contribution in [0.25, 0.3) is 0 Å². The van der Waals surface area contributed by atoms with Crippen molar-refractivity contribution in [2.45, 2.75) is 5.41 Å². The van der Waals surface area contributed by atoms with E-state index >= 15 is 0 Å². The van der Waals surface area contributed by atoms with Crippen LogP contribution in [0.5, 0.6) is 0 Å². The van der Waals surface area contributed by atoms with Gasteiger partial charge in [0.2, 0.25) is 0 Å². The lowest BCUT2D eigenvalue weighted by molar-refractivity contribution is 0.573. The summed E-state index contributed by atoms with van der Waals surface area (Å²) in [4.78, 5) is 0. The molecule has 3 aromatic rings. The maximum atomic E-state index is 9.60. The van der Waals surface area contributed by atoms with E-state index < -0.39 is 5.41 Å². The molecule has 0 saturated carbocycles. The molecule has 0 aliphatic carbocycles. The molecule has 0 saturated heterocycles. The Morgan fingerprint density at radius 2 is 1.00 bits per heavy atom. The highest BCUT2D eigenvalue weighted by Crippen LogP contribution is 2.40. The molecule has 0 spiro atoms. The van der Waals surface area contributed by atoms with Crippen LogP contribution >= 0.6 is 12.2 Å². The summed E-state index contributed by atoms with van der Waals surface area (Å²) in [7, 11) is 0. The Kier molecular flexibility index (Phi) is 4.88. The van der Waals surface area contributed by atoms with Gasteiger partial charge in [-0.2, -0.15) is 0 Å². The average Bonchev–Trinajstić information content (AvgIpc) is 2.65. The summed E-state index contributed by atoms with van der Waals surface area (Å²) in [5.74, 6) is 0. The molecule has 0 atom stereocenters. The summed E-state index contributed by atoms with van der Waals surface area (Å²) < 4.78 is 0.